The van der Waals surface area contributed by atoms with Gasteiger partial charge in [0.2, 0.25) is 6.71 Å². The lowest BCUT2D eigenvalue weighted by Crippen LogP contribution is -2.57. The molecule has 51 heavy (non-hydrogen) atoms. The molecule has 3 aliphatic rings. The van der Waals surface area contributed by atoms with Gasteiger partial charge in [0.05, 0.1) is 0 Å². The molecule has 0 atom stereocenters. The molecular weight excluding hydrogens is 617 g/mol. The van der Waals surface area contributed by atoms with Crippen molar-refractivity contribution in [3.63, 3.8) is 0 Å². The lowest BCUT2D eigenvalue weighted by Gasteiger charge is -2.46. The molecule has 10 rings (SSSR count). The summed E-state index contributed by atoms with van der Waals surface area (Å²) in [6.45, 7) is 4.95. The fourth-order valence-corrected chi connectivity index (χ4v) is 8.92. The molecule has 0 N–H and O–H groups in total. The van der Waals surface area contributed by atoms with Crippen LogP contribution in [-0.4, -0.2) is 6.71 Å². The highest BCUT2D eigenvalue weighted by Gasteiger charge is 2.52. The Morgan fingerprint density at radius 3 is 1.73 bits per heavy atom. The highest BCUT2D eigenvalue weighted by atomic mass is 15.2. The lowest BCUT2D eigenvalue weighted by molar-refractivity contribution is 0.666. The van der Waals surface area contributed by atoms with Crippen molar-refractivity contribution in [1.29, 1.82) is 0 Å². The molecule has 0 spiro atoms. The van der Waals surface area contributed by atoms with Crippen LogP contribution in [0.5, 0.6) is 0 Å². The second kappa shape index (κ2) is 11.4. The summed E-state index contributed by atoms with van der Waals surface area (Å²) in [6, 6.07) is 66.2. The van der Waals surface area contributed by atoms with Crippen LogP contribution in [0.15, 0.2) is 187 Å². The SMILES string of the molecule is CC1(C)C2=C(c3ccccc31)N(c1ccccc1)c1cccc3c1B2c1ccccc1N3c1cccc(N(c2ccccc2)c2ccccc2)c1. The molecule has 0 fully saturated rings. The molecule has 242 valence electrons. The number of benzene rings is 7. The first-order valence-electron chi connectivity index (χ1n) is 17.8. The molecule has 0 amide bonds. The maximum atomic E-state index is 2.54. The number of allylic oxidation sites excluding steroid dienone is 1. The first-order valence-corrected chi connectivity index (χ1v) is 17.8. The standard InChI is InChI=1S/C47H36BN3/c1-47(2)39-27-13-12-26-38(39)45-46(47)48-40-28-14-15-29-41(40)50(42-30-17-31-43(44(42)48)51(45)35-22-10-5-11-23-35)37-25-16-24-36(32-37)49(33-18-6-3-7-19-33)34-20-8-4-9-21-34/h3-32H,1-2H3. The molecule has 0 unspecified atom stereocenters. The third-order valence-corrected chi connectivity index (χ3v) is 11.0. The van der Waals surface area contributed by atoms with E-state index >= 15 is 0 Å². The van der Waals surface area contributed by atoms with Crippen LogP contribution in [0, 0.1) is 0 Å². The van der Waals surface area contributed by atoms with Crippen molar-refractivity contribution >= 4 is 68.8 Å². The Labute approximate surface area is 300 Å². The minimum absolute atomic E-state index is 0.106. The van der Waals surface area contributed by atoms with Gasteiger partial charge in [0.1, 0.15) is 0 Å². The third-order valence-electron chi connectivity index (χ3n) is 11.0. The highest BCUT2D eigenvalue weighted by molar-refractivity contribution is 6.96. The summed E-state index contributed by atoms with van der Waals surface area (Å²) in [7, 11) is 0. The summed E-state index contributed by atoms with van der Waals surface area (Å²) in [5, 5.41) is 0. The average Bonchev–Trinajstić information content (AvgIpc) is 3.42. The maximum absolute atomic E-state index is 2.54. The number of hydrogen-bond donors (Lipinski definition) is 0. The predicted octanol–water partition coefficient (Wildman–Crippen LogP) is 10.9. The van der Waals surface area contributed by atoms with Crippen LogP contribution in [0.1, 0.15) is 25.0 Å². The van der Waals surface area contributed by atoms with Crippen molar-refractivity contribution in [2.24, 2.45) is 0 Å². The van der Waals surface area contributed by atoms with E-state index in [1.807, 2.05) is 0 Å². The first-order chi connectivity index (χ1) is 25.1. The first kappa shape index (κ1) is 29.6. The van der Waals surface area contributed by atoms with Crippen LogP contribution in [0.2, 0.25) is 0 Å². The van der Waals surface area contributed by atoms with Crippen molar-refractivity contribution in [1.82, 2.24) is 0 Å². The number of nitrogens with zero attached hydrogens (tertiary/aromatic N) is 3. The van der Waals surface area contributed by atoms with E-state index in [9.17, 15) is 0 Å². The van der Waals surface area contributed by atoms with E-state index in [0.717, 1.165) is 22.7 Å². The maximum Gasteiger partial charge on any atom is 0.248 e. The molecule has 2 aliphatic heterocycles. The fourth-order valence-electron chi connectivity index (χ4n) is 8.92. The van der Waals surface area contributed by atoms with Crippen LogP contribution in [0.4, 0.5) is 45.5 Å². The Kier molecular flexibility index (Phi) is 6.62. The molecule has 0 bridgehead atoms. The van der Waals surface area contributed by atoms with Crippen molar-refractivity contribution in [3.05, 3.63) is 199 Å². The molecule has 0 aromatic heterocycles. The van der Waals surface area contributed by atoms with E-state index in [0.29, 0.717) is 0 Å². The number of fused-ring (bicyclic) bond motifs is 5. The minimum Gasteiger partial charge on any atom is -0.311 e. The van der Waals surface area contributed by atoms with Gasteiger partial charge in [-0.3, -0.25) is 0 Å². The van der Waals surface area contributed by atoms with Crippen LogP contribution in [0.3, 0.4) is 0 Å². The quantitative estimate of drug-likeness (QED) is 0.171. The van der Waals surface area contributed by atoms with Crippen molar-refractivity contribution < 1.29 is 0 Å². The van der Waals surface area contributed by atoms with Crippen LogP contribution >= 0.6 is 0 Å². The molecule has 1 aliphatic carbocycles. The molecule has 7 aromatic carbocycles. The Hall–Kier alpha value is -6.26. The summed E-state index contributed by atoms with van der Waals surface area (Å²) >= 11 is 0. The fraction of sp³-hybridized carbons (Fsp3) is 0.0638. The van der Waals surface area contributed by atoms with Gasteiger partial charge in [-0.05, 0) is 89.3 Å². The number of rotatable bonds is 5. The molecule has 0 saturated heterocycles. The van der Waals surface area contributed by atoms with E-state index in [2.05, 4.69) is 211 Å². The largest absolute Gasteiger partial charge is 0.311 e. The summed E-state index contributed by atoms with van der Waals surface area (Å²) in [5.41, 5.74) is 17.4. The van der Waals surface area contributed by atoms with E-state index in [1.165, 1.54) is 56.0 Å². The van der Waals surface area contributed by atoms with E-state index in [1.54, 1.807) is 0 Å². The summed E-state index contributed by atoms with van der Waals surface area (Å²) < 4.78 is 0. The van der Waals surface area contributed by atoms with Crippen LogP contribution in [-0.2, 0) is 5.41 Å². The molecule has 0 radical (unpaired) electrons. The topological polar surface area (TPSA) is 9.72 Å². The summed E-state index contributed by atoms with van der Waals surface area (Å²) in [6.07, 6.45) is 0. The smallest absolute Gasteiger partial charge is 0.248 e. The Morgan fingerprint density at radius 1 is 0.471 bits per heavy atom. The molecule has 7 aromatic rings. The zero-order valence-corrected chi connectivity index (χ0v) is 28.7. The monoisotopic (exact) mass is 653 g/mol. The number of para-hydroxylation sites is 4. The van der Waals surface area contributed by atoms with Gasteiger partial charge in [-0.15, -0.1) is 0 Å². The van der Waals surface area contributed by atoms with Gasteiger partial charge in [0.25, 0.3) is 0 Å². The predicted molar refractivity (Wildman–Crippen MR) is 216 cm³/mol. The zero-order valence-electron chi connectivity index (χ0n) is 28.7. The Bertz CT molecular complexity index is 2430. The molecular formula is C47H36BN3. The van der Waals surface area contributed by atoms with E-state index in [4.69, 9.17) is 0 Å². The third kappa shape index (κ3) is 4.39. The molecule has 2 heterocycles. The second-order valence-electron chi connectivity index (χ2n) is 14.2. The Balaban J connectivity index is 1.22. The number of hydrogen-bond acceptors (Lipinski definition) is 3. The van der Waals surface area contributed by atoms with Gasteiger partial charge >= 0.3 is 0 Å². The highest BCUT2D eigenvalue weighted by Crippen LogP contribution is 2.55. The van der Waals surface area contributed by atoms with Gasteiger partial charge in [0.15, 0.2) is 0 Å². The molecule has 3 nitrogen and oxygen atoms in total. The van der Waals surface area contributed by atoms with Gasteiger partial charge in [-0.25, -0.2) is 0 Å². The Morgan fingerprint density at radius 2 is 1.00 bits per heavy atom. The van der Waals surface area contributed by atoms with Gasteiger partial charge in [-0.2, -0.15) is 0 Å². The molecule has 4 heteroatoms. The van der Waals surface area contributed by atoms with Gasteiger partial charge in [0, 0.05) is 62.2 Å². The van der Waals surface area contributed by atoms with Crippen molar-refractivity contribution in [2.75, 3.05) is 14.7 Å². The minimum atomic E-state index is -0.171. The zero-order chi connectivity index (χ0) is 34.1. The van der Waals surface area contributed by atoms with Crippen molar-refractivity contribution in [3.8, 4) is 0 Å². The second-order valence-corrected chi connectivity index (χ2v) is 14.2. The number of anilines is 8. The van der Waals surface area contributed by atoms with Gasteiger partial charge < -0.3 is 14.7 Å². The summed E-state index contributed by atoms with van der Waals surface area (Å²) in [5.74, 6) is 0. The van der Waals surface area contributed by atoms with Crippen LogP contribution < -0.4 is 25.6 Å². The van der Waals surface area contributed by atoms with Crippen molar-refractivity contribution in [2.45, 2.75) is 19.3 Å². The van der Waals surface area contributed by atoms with Crippen LogP contribution in [0.25, 0.3) is 5.70 Å². The van der Waals surface area contributed by atoms with Gasteiger partial charge in [-0.1, -0.05) is 129 Å². The van der Waals surface area contributed by atoms with E-state index < -0.39 is 0 Å². The van der Waals surface area contributed by atoms with E-state index in [-0.39, 0.29) is 12.1 Å². The lowest BCUT2D eigenvalue weighted by atomic mass is 9.30. The molecule has 0 saturated carbocycles. The summed E-state index contributed by atoms with van der Waals surface area (Å²) in [4.78, 5) is 7.37. The average molecular weight is 654 g/mol. The normalized spacial score (nSPS) is 14.8.